The molecule has 1 unspecified atom stereocenters. The first-order chi connectivity index (χ1) is 6.77. The van der Waals surface area contributed by atoms with E-state index in [1.165, 1.54) is 36.8 Å². The fourth-order valence-electron chi connectivity index (χ4n) is 1.88. The molecule has 76 valence electrons. The van der Waals surface area contributed by atoms with E-state index in [2.05, 4.69) is 47.1 Å². The summed E-state index contributed by atoms with van der Waals surface area (Å²) in [6, 6.07) is 8.71. The zero-order chi connectivity index (χ0) is 9.97. The van der Waals surface area contributed by atoms with Crippen LogP contribution in [0, 0.1) is 12.8 Å². The summed E-state index contributed by atoms with van der Waals surface area (Å²) in [6.45, 7) is 2.20. The first kappa shape index (κ1) is 10.2. The summed E-state index contributed by atoms with van der Waals surface area (Å²) in [5.74, 6) is 0.971. The highest BCUT2D eigenvalue weighted by atomic mass is 79.9. The Hall–Kier alpha value is -0.300. The number of halogens is 1. The minimum Gasteiger partial charge on any atom is -0.0888 e. The van der Waals surface area contributed by atoms with Gasteiger partial charge >= 0.3 is 0 Å². The highest BCUT2D eigenvalue weighted by Gasteiger charge is 2.28. The number of rotatable bonds is 4. The van der Waals surface area contributed by atoms with E-state index < -0.39 is 0 Å². The molecule has 1 atom stereocenters. The van der Waals surface area contributed by atoms with Crippen LogP contribution in [0.25, 0.3) is 0 Å². The average Bonchev–Trinajstić information content (AvgIpc) is 2.99. The van der Waals surface area contributed by atoms with Crippen LogP contribution in [0.5, 0.6) is 0 Å². The molecule has 1 saturated carbocycles. The molecular weight excluding hydrogens is 236 g/mol. The summed E-state index contributed by atoms with van der Waals surface area (Å²) in [5, 5.41) is 0. The van der Waals surface area contributed by atoms with Gasteiger partial charge in [0.1, 0.15) is 0 Å². The average molecular weight is 253 g/mol. The summed E-state index contributed by atoms with van der Waals surface area (Å²) in [6.07, 6.45) is 5.38. The Kier molecular flexibility index (Phi) is 3.27. The predicted octanol–water partition coefficient (Wildman–Crippen LogP) is 4.10. The highest BCUT2D eigenvalue weighted by Crippen LogP contribution is 2.38. The molecule has 0 spiro atoms. The molecule has 0 radical (unpaired) electrons. The van der Waals surface area contributed by atoms with Crippen molar-refractivity contribution in [2.75, 3.05) is 0 Å². The normalized spacial score (nSPS) is 18.1. The monoisotopic (exact) mass is 252 g/mol. The standard InChI is InChI=1S/C13H17Br/c1-10-4-2-3-5-11(10)8-9-13(14)12-6-7-12/h2-5,12-13H,6-9H2,1H3. The largest absolute Gasteiger partial charge is 0.0888 e. The van der Waals surface area contributed by atoms with Crippen LogP contribution in [0.2, 0.25) is 0 Å². The SMILES string of the molecule is Cc1ccccc1CCC(Br)C1CC1. The van der Waals surface area contributed by atoms with Gasteiger partial charge in [-0.15, -0.1) is 0 Å². The van der Waals surface area contributed by atoms with Crippen molar-refractivity contribution in [2.45, 2.75) is 37.4 Å². The maximum Gasteiger partial charge on any atom is 0.0177 e. The second-order valence-electron chi connectivity index (χ2n) is 4.32. The zero-order valence-electron chi connectivity index (χ0n) is 8.67. The van der Waals surface area contributed by atoms with Crippen molar-refractivity contribution in [1.82, 2.24) is 0 Å². The zero-order valence-corrected chi connectivity index (χ0v) is 10.3. The molecule has 0 aliphatic heterocycles. The van der Waals surface area contributed by atoms with Crippen LogP contribution in [0.3, 0.4) is 0 Å². The minimum absolute atomic E-state index is 0.752. The topological polar surface area (TPSA) is 0 Å². The Balaban J connectivity index is 1.87. The van der Waals surface area contributed by atoms with Gasteiger partial charge in [-0.1, -0.05) is 40.2 Å². The number of aryl methyl sites for hydroxylation is 2. The Labute approximate surface area is 94.8 Å². The van der Waals surface area contributed by atoms with Gasteiger partial charge < -0.3 is 0 Å². The highest BCUT2D eigenvalue weighted by molar-refractivity contribution is 9.09. The Morgan fingerprint density at radius 2 is 2.07 bits per heavy atom. The van der Waals surface area contributed by atoms with Gasteiger partial charge in [0.15, 0.2) is 0 Å². The van der Waals surface area contributed by atoms with Gasteiger partial charge in [0.25, 0.3) is 0 Å². The van der Waals surface area contributed by atoms with Gasteiger partial charge in [0.2, 0.25) is 0 Å². The molecule has 2 rings (SSSR count). The summed E-state index contributed by atoms with van der Waals surface area (Å²) in [7, 11) is 0. The van der Waals surface area contributed by atoms with E-state index in [1.54, 1.807) is 0 Å². The minimum atomic E-state index is 0.752. The molecule has 1 aromatic carbocycles. The third-order valence-electron chi connectivity index (χ3n) is 3.08. The Bertz CT molecular complexity index is 302. The van der Waals surface area contributed by atoms with Crippen LogP contribution in [0.1, 0.15) is 30.4 Å². The lowest BCUT2D eigenvalue weighted by Gasteiger charge is -2.09. The van der Waals surface area contributed by atoms with Crippen molar-refractivity contribution >= 4 is 15.9 Å². The van der Waals surface area contributed by atoms with Crippen molar-refractivity contribution in [3.05, 3.63) is 35.4 Å². The summed E-state index contributed by atoms with van der Waals surface area (Å²) >= 11 is 3.79. The van der Waals surface area contributed by atoms with Crippen LogP contribution in [0.4, 0.5) is 0 Å². The lowest BCUT2D eigenvalue weighted by Crippen LogP contribution is -2.03. The first-order valence-electron chi connectivity index (χ1n) is 5.46. The van der Waals surface area contributed by atoms with Crippen LogP contribution >= 0.6 is 15.9 Å². The molecule has 0 nitrogen and oxygen atoms in total. The Morgan fingerprint density at radius 1 is 1.36 bits per heavy atom. The van der Waals surface area contributed by atoms with Crippen molar-refractivity contribution < 1.29 is 0 Å². The first-order valence-corrected chi connectivity index (χ1v) is 6.37. The molecule has 1 heteroatoms. The maximum atomic E-state index is 3.79. The van der Waals surface area contributed by atoms with Crippen molar-refractivity contribution in [3.8, 4) is 0 Å². The molecule has 0 heterocycles. The van der Waals surface area contributed by atoms with Gasteiger partial charge in [-0.25, -0.2) is 0 Å². The van der Waals surface area contributed by atoms with E-state index in [4.69, 9.17) is 0 Å². The smallest absolute Gasteiger partial charge is 0.0177 e. The van der Waals surface area contributed by atoms with E-state index in [0.717, 1.165) is 10.7 Å². The third kappa shape index (κ3) is 2.60. The fraction of sp³-hybridized carbons (Fsp3) is 0.538. The second kappa shape index (κ2) is 4.48. The Morgan fingerprint density at radius 3 is 2.71 bits per heavy atom. The lowest BCUT2D eigenvalue weighted by molar-refractivity contribution is 0.695. The van der Waals surface area contributed by atoms with E-state index in [0.29, 0.717) is 0 Å². The molecule has 0 N–H and O–H groups in total. The van der Waals surface area contributed by atoms with E-state index >= 15 is 0 Å². The van der Waals surface area contributed by atoms with Crippen LogP contribution in [-0.2, 0) is 6.42 Å². The molecule has 0 amide bonds. The van der Waals surface area contributed by atoms with Gasteiger partial charge in [0.05, 0.1) is 0 Å². The van der Waals surface area contributed by atoms with E-state index in [1.807, 2.05) is 0 Å². The molecule has 0 saturated heterocycles. The fourth-order valence-corrected chi connectivity index (χ4v) is 2.64. The number of hydrogen-bond acceptors (Lipinski definition) is 0. The molecule has 1 aliphatic carbocycles. The molecule has 1 fully saturated rings. The van der Waals surface area contributed by atoms with Crippen molar-refractivity contribution in [1.29, 1.82) is 0 Å². The lowest BCUT2D eigenvalue weighted by atomic mass is 10.0. The maximum absolute atomic E-state index is 3.79. The van der Waals surface area contributed by atoms with Crippen LogP contribution in [0.15, 0.2) is 24.3 Å². The number of hydrogen-bond donors (Lipinski definition) is 0. The summed E-state index contributed by atoms with van der Waals surface area (Å²) in [5.41, 5.74) is 2.94. The quantitative estimate of drug-likeness (QED) is 0.708. The van der Waals surface area contributed by atoms with Crippen LogP contribution < -0.4 is 0 Å². The summed E-state index contributed by atoms with van der Waals surface area (Å²) in [4.78, 5) is 0.752. The van der Waals surface area contributed by atoms with E-state index in [9.17, 15) is 0 Å². The van der Waals surface area contributed by atoms with E-state index in [-0.39, 0.29) is 0 Å². The van der Waals surface area contributed by atoms with Gasteiger partial charge in [-0.3, -0.25) is 0 Å². The molecule has 0 aromatic heterocycles. The molecular formula is C13H17Br. The number of alkyl halides is 1. The van der Waals surface area contributed by atoms with Gasteiger partial charge in [-0.2, -0.15) is 0 Å². The molecule has 0 bridgehead atoms. The van der Waals surface area contributed by atoms with Gasteiger partial charge in [-0.05, 0) is 49.7 Å². The number of benzene rings is 1. The summed E-state index contributed by atoms with van der Waals surface area (Å²) < 4.78 is 0. The molecule has 14 heavy (non-hydrogen) atoms. The van der Waals surface area contributed by atoms with Crippen molar-refractivity contribution in [3.63, 3.8) is 0 Å². The predicted molar refractivity (Wildman–Crippen MR) is 64.9 cm³/mol. The van der Waals surface area contributed by atoms with Crippen molar-refractivity contribution in [2.24, 2.45) is 5.92 Å². The second-order valence-corrected chi connectivity index (χ2v) is 5.49. The molecule has 1 aromatic rings. The van der Waals surface area contributed by atoms with Crippen LogP contribution in [-0.4, -0.2) is 4.83 Å². The molecule has 1 aliphatic rings. The third-order valence-corrected chi connectivity index (χ3v) is 4.29. The van der Waals surface area contributed by atoms with Gasteiger partial charge in [0, 0.05) is 4.83 Å².